The number of likely N-dealkylation sites (tertiary alicyclic amines) is 1. The Morgan fingerprint density at radius 2 is 2.30 bits per heavy atom. The van der Waals surface area contributed by atoms with Crippen LogP contribution in [0.5, 0.6) is 0 Å². The Morgan fingerprint density at radius 3 is 2.85 bits per heavy atom. The lowest BCUT2D eigenvalue weighted by molar-refractivity contribution is -0.127. The topological polar surface area (TPSA) is 82.5 Å². The van der Waals surface area contributed by atoms with Gasteiger partial charge in [-0.15, -0.1) is 0 Å². The largest absolute Gasteiger partial charge is 0.478 e. The zero-order valence-corrected chi connectivity index (χ0v) is 11.7. The van der Waals surface area contributed by atoms with E-state index in [-0.39, 0.29) is 17.5 Å². The minimum Gasteiger partial charge on any atom is -0.478 e. The number of anilines is 1. The summed E-state index contributed by atoms with van der Waals surface area (Å²) in [6, 6.07) is 2.75. The van der Waals surface area contributed by atoms with Crippen molar-refractivity contribution < 1.29 is 14.7 Å². The van der Waals surface area contributed by atoms with Crippen LogP contribution in [0, 0.1) is 0 Å². The van der Waals surface area contributed by atoms with Gasteiger partial charge in [0.05, 0.1) is 5.56 Å². The second-order valence-electron chi connectivity index (χ2n) is 5.03. The lowest BCUT2D eigenvalue weighted by Crippen LogP contribution is -2.31. The van der Waals surface area contributed by atoms with Gasteiger partial charge in [0.1, 0.15) is 11.9 Å². The lowest BCUT2D eigenvalue weighted by Gasteiger charge is -2.14. The van der Waals surface area contributed by atoms with E-state index in [2.05, 4.69) is 10.3 Å². The van der Waals surface area contributed by atoms with Crippen LogP contribution in [0.25, 0.3) is 0 Å². The van der Waals surface area contributed by atoms with Crippen LogP contribution in [-0.2, 0) is 11.2 Å². The number of amides is 1. The molecule has 6 heteroatoms. The molecule has 0 aliphatic carbocycles. The molecule has 0 saturated carbocycles. The summed E-state index contributed by atoms with van der Waals surface area (Å²) in [5.41, 5.74) is 0.929. The van der Waals surface area contributed by atoms with Crippen LogP contribution >= 0.6 is 0 Å². The van der Waals surface area contributed by atoms with Gasteiger partial charge in [-0.3, -0.25) is 4.79 Å². The number of carbonyl (C=O) groups excluding carboxylic acids is 1. The standard InChI is InChI=1S/C14H19N3O3/c1-3-4-10-7-9(14(19)20)8-12(15-10)16-11-5-6-17(2)13(11)18/h7-8,11H,3-6H2,1-2H3,(H,15,16)(H,19,20). The third-order valence-corrected chi connectivity index (χ3v) is 3.38. The van der Waals surface area contributed by atoms with Crippen LogP contribution in [0.1, 0.15) is 35.8 Å². The van der Waals surface area contributed by atoms with E-state index in [4.69, 9.17) is 5.11 Å². The zero-order chi connectivity index (χ0) is 14.7. The van der Waals surface area contributed by atoms with E-state index in [0.717, 1.165) is 12.1 Å². The summed E-state index contributed by atoms with van der Waals surface area (Å²) in [6.07, 6.45) is 2.31. The number of nitrogens with zero attached hydrogens (tertiary/aromatic N) is 2. The Balaban J connectivity index is 2.22. The number of rotatable bonds is 5. The van der Waals surface area contributed by atoms with Crippen molar-refractivity contribution in [2.75, 3.05) is 18.9 Å². The van der Waals surface area contributed by atoms with Crippen molar-refractivity contribution in [2.45, 2.75) is 32.2 Å². The minimum atomic E-state index is -0.984. The second kappa shape index (κ2) is 5.90. The van der Waals surface area contributed by atoms with Gasteiger partial charge < -0.3 is 15.3 Å². The number of aromatic nitrogens is 1. The Bertz CT molecular complexity index is 530. The molecule has 0 radical (unpaired) electrons. The van der Waals surface area contributed by atoms with Gasteiger partial charge in [0.2, 0.25) is 5.91 Å². The highest BCUT2D eigenvalue weighted by Crippen LogP contribution is 2.17. The molecule has 108 valence electrons. The molecule has 1 aliphatic heterocycles. The molecule has 1 saturated heterocycles. The highest BCUT2D eigenvalue weighted by Gasteiger charge is 2.29. The summed E-state index contributed by atoms with van der Waals surface area (Å²) in [7, 11) is 1.76. The van der Waals surface area contributed by atoms with Gasteiger partial charge in [0, 0.05) is 19.3 Å². The van der Waals surface area contributed by atoms with Crippen LogP contribution in [0.3, 0.4) is 0 Å². The normalized spacial score (nSPS) is 18.4. The van der Waals surface area contributed by atoms with E-state index in [1.807, 2.05) is 6.92 Å². The Morgan fingerprint density at radius 1 is 1.55 bits per heavy atom. The summed E-state index contributed by atoms with van der Waals surface area (Å²) >= 11 is 0. The minimum absolute atomic E-state index is 0.0181. The molecule has 1 unspecified atom stereocenters. The molecule has 1 aliphatic rings. The number of aromatic carboxylic acids is 1. The highest BCUT2D eigenvalue weighted by atomic mass is 16.4. The van der Waals surface area contributed by atoms with Crippen LogP contribution in [0.4, 0.5) is 5.82 Å². The van der Waals surface area contributed by atoms with E-state index in [1.54, 1.807) is 18.0 Å². The van der Waals surface area contributed by atoms with Crippen LogP contribution in [0.2, 0.25) is 0 Å². The fraction of sp³-hybridized carbons (Fsp3) is 0.500. The quantitative estimate of drug-likeness (QED) is 0.849. The summed E-state index contributed by atoms with van der Waals surface area (Å²) in [5.74, 6) is -0.505. The van der Waals surface area contributed by atoms with Gasteiger partial charge >= 0.3 is 5.97 Å². The van der Waals surface area contributed by atoms with Gasteiger partial charge in [-0.2, -0.15) is 0 Å². The molecule has 1 amide bonds. The maximum Gasteiger partial charge on any atom is 0.335 e. The predicted octanol–water partition coefficient (Wildman–Crippen LogP) is 1.37. The molecule has 1 fully saturated rings. The number of carbonyl (C=O) groups is 2. The van der Waals surface area contributed by atoms with Crippen LogP contribution in [-0.4, -0.2) is 46.5 Å². The van der Waals surface area contributed by atoms with Crippen LogP contribution in [0.15, 0.2) is 12.1 Å². The van der Waals surface area contributed by atoms with E-state index in [0.29, 0.717) is 25.2 Å². The van der Waals surface area contributed by atoms with Gasteiger partial charge in [-0.25, -0.2) is 9.78 Å². The van der Waals surface area contributed by atoms with Gasteiger partial charge in [0.25, 0.3) is 0 Å². The number of aryl methyl sites for hydroxylation is 1. The first kappa shape index (κ1) is 14.3. The summed E-state index contributed by atoms with van der Waals surface area (Å²) < 4.78 is 0. The second-order valence-corrected chi connectivity index (χ2v) is 5.03. The molecule has 1 aromatic heterocycles. The van der Waals surface area contributed by atoms with E-state index >= 15 is 0 Å². The van der Waals surface area contributed by atoms with Gasteiger partial charge in [-0.1, -0.05) is 13.3 Å². The average Bonchev–Trinajstić information content (AvgIpc) is 2.71. The molecule has 0 spiro atoms. The number of nitrogens with one attached hydrogen (secondary N) is 1. The fourth-order valence-electron chi connectivity index (χ4n) is 2.30. The first-order valence-corrected chi connectivity index (χ1v) is 6.77. The fourth-order valence-corrected chi connectivity index (χ4v) is 2.30. The van der Waals surface area contributed by atoms with Crippen molar-refractivity contribution in [1.29, 1.82) is 0 Å². The Labute approximate surface area is 117 Å². The Hall–Kier alpha value is -2.11. The third-order valence-electron chi connectivity index (χ3n) is 3.38. The van der Waals surface area contributed by atoms with Gasteiger partial charge in [-0.05, 0) is 25.0 Å². The number of hydrogen-bond donors (Lipinski definition) is 2. The SMILES string of the molecule is CCCc1cc(C(=O)O)cc(NC2CCN(C)C2=O)n1. The Kier molecular flexibility index (Phi) is 4.22. The molecule has 2 heterocycles. The molecule has 0 aromatic carbocycles. The van der Waals surface area contributed by atoms with Crippen LogP contribution < -0.4 is 5.32 Å². The highest BCUT2D eigenvalue weighted by molar-refractivity contribution is 5.89. The van der Waals surface area contributed by atoms with Crippen molar-refractivity contribution >= 4 is 17.7 Å². The zero-order valence-electron chi connectivity index (χ0n) is 11.7. The maximum atomic E-state index is 11.9. The average molecular weight is 277 g/mol. The third kappa shape index (κ3) is 3.07. The first-order chi connectivity index (χ1) is 9.51. The molecule has 6 nitrogen and oxygen atoms in total. The molecule has 2 rings (SSSR count). The summed E-state index contributed by atoms with van der Waals surface area (Å²) in [4.78, 5) is 29.0. The van der Waals surface area contributed by atoms with Crippen molar-refractivity contribution in [3.05, 3.63) is 23.4 Å². The number of pyridine rings is 1. The smallest absolute Gasteiger partial charge is 0.335 e. The van der Waals surface area contributed by atoms with Crippen molar-refractivity contribution in [2.24, 2.45) is 0 Å². The number of carboxylic acids is 1. The lowest BCUT2D eigenvalue weighted by atomic mass is 10.1. The molecule has 1 atom stereocenters. The van der Waals surface area contributed by atoms with E-state index < -0.39 is 5.97 Å². The first-order valence-electron chi connectivity index (χ1n) is 6.77. The maximum absolute atomic E-state index is 11.9. The molecule has 1 aromatic rings. The van der Waals surface area contributed by atoms with E-state index in [9.17, 15) is 9.59 Å². The summed E-state index contributed by atoms with van der Waals surface area (Å²) in [5, 5.41) is 12.2. The van der Waals surface area contributed by atoms with Crippen molar-refractivity contribution in [3.63, 3.8) is 0 Å². The molecule has 20 heavy (non-hydrogen) atoms. The molecule has 2 N–H and O–H groups in total. The number of likely N-dealkylation sites (N-methyl/N-ethyl adjacent to an activating group) is 1. The molecular weight excluding hydrogens is 258 g/mol. The van der Waals surface area contributed by atoms with E-state index in [1.165, 1.54) is 6.07 Å². The van der Waals surface area contributed by atoms with Crippen molar-refractivity contribution in [1.82, 2.24) is 9.88 Å². The number of carboxylic acid groups (broad SMARTS) is 1. The van der Waals surface area contributed by atoms with Crippen molar-refractivity contribution in [3.8, 4) is 0 Å². The summed E-state index contributed by atoms with van der Waals surface area (Å²) in [6.45, 7) is 2.72. The molecular formula is C14H19N3O3. The monoisotopic (exact) mass is 277 g/mol. The van der Waals surface area contributed by atoms with Gasteiger partial charge in [0.15, 0.2) is 0 Å². The predicted molar refractivity (Wildman–Crippen MR) is 74.9 cm³/mol. The molecule has 0 bridgehead atoms. The number of hydrogen-bond acceptors (Lipinski definition) is 4.